The van der Waals surface area contributed by atoms with Crippen molar-refractivity contribution in [1.82, 2.24) is 15.5 Å². The SMILES string of the molecule is CC1CN(CCC(=O)NC2CC2)C(C)CN1. The number of nitrogens with zero attached hydrogens (tertiary/aromatic N) is 1. The second kappa shape index (κ2) is 5.15. The van der Waals surface area contributed by atoms with Crippen molar-refractivity contribution in [3.8, 4) is 0 Å². The predicted octanol–water partition coefficient (Wildman–Crippen LogP) is 0.337. The Hall–Kier alpha value is -0.610. The Balaban J connectivity index is 1.68. The summed E-state index contributed by atoms with van der Waals surface area (Å²) >= 11 is 0. The van der Waals surface area contributed by atoms with Gasteiger partial charge in [0.05, 0.1) is 0 Å². The van der Waals surface area contributed by atoms with Crippen LogP contribution in [-0.4, -0.2) is 48.6 Å². The third kappa shape index (κ3) is 3.46. The number of hydrogen-bond acceptors (Lipinski definition) is 3. The summed E-state index contributed by atoms with van der Waals surface area (Å²) in [5.74, 6) is 0.223. The largest absolute Gasteiger partial charge is 0.353 e. The van der Waals surface area contributed by atoms with Gasteiger partial charge in [0.15, 0.2) is 0 Å². The molecule has 2 atom stereocenters. The quantitative estimate of drug-likeness (QED) is 0.725. The van der Waals surface area contributed by atoms with Crippen molar-refractivity contribution in [3.05, 3.63) is 0 Å². The fraction of sp³-hybridized carbons (Fsp3) is 0.917. The molecule has 0 aromatic carbocycles. The van der Waals surface area contributed by atoms with Crippen LogP contribution >= 0.6 is 0 Å². The Morgan fingerprint density at radius 2 is 2.19 bits per heavy atom. The highest BCUT2D eigenvalue weighted by Crippen LogP contribution is 2.18. The molecule has 0 radical (unpaired) electrons. The second-order valence-electron chi connectivity index (χ2n) is 5.25. The summed E-state index contributed by atoms with van der Waals surface area (Å²) in [6, 6.07) is 1.58. The van der Waals surface area contributed by atoms with Gasteiger partial charge in [-0.25, -0.2) is 0 Å². The highest BCUT2D eigenvalue weighted by Gasteiger charge is 2.25. The van der Waals surface area contributed by atoms with Gasteiger partial charge >= 0.3 is 0 Å². The van der Waals surface area contributed by atoms with Gasteiger partial charge in [0.1, 0.15) is 0 Å². The van der Waals surface area contributed by atoms with Gasteiger partial charge in [0.2, 0.25) is 5.91 Å². The summed E-state index contributed by atoms with van der Waals surface area (Å²) in [6.45, 7) is 7.40. The molecule has 0 aromatic heterocycles. The van der Waals surface area contributed by atoms with Crippen LogP contribution < -0.4 is 10.6 Å². The fourth-order valence-electron chi connectivity index (χ4n) is 2.18. The van der Waals surface area contributed by atoms with Crippen LogP contribution in [0.5, 0.6) is 0 Å². The van der Waals surface area contributed by atoms with E-state index < -0.39 is 0 Å². The van der Waals surface area contributed by atoms with E-state index in [1.165, 1.54) is 12.8 Å². The number of nitrogens with one attached hydrogen (secondary N) is 2. The third-order valence-electron chi connectivity index (χ3n) is 3.46. The first-order valence-corrected chi connectivity index (χ1v) is 6.42. The maximum atomic E-state index is 11.6. The van der Waals surface area contributed by atoms with E-state index in [2.05, 4.69) is 29.4 Å². The molecule has 4 heteroatoms. The molecule has 2 unspecified atom stereocenters. The first-order chi connectivity index (χ1) is 7.65. The zero-order valence-electron chi connectivity index (χ0n) is 10.3. The van der Waals surface area contributed by atoms with Crippen LogP contribution in [0.4, 0.5) is 0 Å². The number of hydrogen-bond donors (Lipinski definition) is 2. The molecular weight excluding hydrogens is 202 g/mol. The van der Waals surface area contributed by atoms with Gasteiger partial charge in [-0.15, -0.1) is 0 Å². The van der Waals surface area contributed by atoms with Crippen molar-refractivity contribution in [2.24, 2.45) is 0 Å². The molecule has 92 valence electrons. The monoisotopic (exact) mass is 225 g/mol. The van der Waals surface area contributed by atoms with Crippen LogP contribution in [0.1, 0.15) is 33.1 Å². The van der Waals surface area contributed by atoms with Crippen LogP contribution in [0, 0.1) is 0 Å². The van der Waals surface area contributed by atoms with Crippen LogP contribution in [-0.2, 0) is 4.79 Å². The summed E-state index contributed by atoms with van der Waals surface area (Å²) in [5.41, 5.74) is 0. The first kappa shape index (κ1) is 11.9. The molecule has 0 aromatic rings. The van der Waals surface area contributed by atoms with Gasteiger partial charge in [-0.05, 0) is 26.7 Å². The summed E-state index contributed by atoms with van der Waals surface area (Å²) in [4.78, 5) is 14.0. The molecule has 2 aliphatic rings. The van der Waals surface area contributed by atoms with E-state index in [-0.39, 0.29) is 5.91 Å². The van der Waals surface area contributed by atoms with Crippen molar-refractivity contribution in [3.63, 3.8) is 0 Å². The lowest BCUT2D eigenvalue weighted by Crippen LogP contribution is -2.54. The summed E-state index contributed by atoms with van der Waals surface area (Å²) < 4.78 is 0. The minimum absolute atomic E-state index is 0.223. The minimum atomic E-state index is 0.223. The Kier molecular flexibility index (Phi) is 3.82. The minimum Gasteiger partial charge on any atom is -0.353 e. The van der Waals surface area contributed by atoms with E-state index in [1.807, 2.05) is 0 Å². The predicted molar refractivity (Wildman–Crippen MR) is 64.3 cm³/mol. The molecule has 0 spiro atoms. The lowest BCUT2D eigenvalue weighted by molar-refractivity contribution is -0.121. The van der Waals surface area contributed by atoms with Gasteiger partial charge in [-0.3, -0.25) is 9.69 Å². The zero-order chi connectivity index (χ0) is 11.5. The first-order valence-electron chi connectivity index (χ1n) is 6.42. The average molecular weight is 225 g/mol. The molecule has 16 heavy (non-hydrogen) atoms. The molecule has 1 aliphatic heterocycles. The van der Waals surface area contributed by atoms with Crippen molar-refractivity contribution in [1.29, 1.82) is 0 Å². The van der Waals surface area contributed by atoms with E-state index in [1.54, 1.807) is 0 Å². The smallest absolute Gasteiger partial charge is 0.221 e. The summed E-state index contributed by atoms with van der Waals surface area (Å²) in [6.07, 6.45) is 2.99. The zero-order valence-corrected chi connectivity index (χ0v) is 10.3. The van der Waals surface area contributed by atoms with E-state index in [0.717, 1.165) is 19.6 Å². The van der Waals surface area contributed by atoms with E-state index in [4.69, 9.17) is 0 Å². The molecule has 1 saturated carbocycles. The number of amides is 1. The molecule has 2 fully saturated rings. The average Bonchev–Trinajstić information content (AvgIpc) is 3.03. The Morgan fingerprint density at radius 1 is 1.44 bits per heavy atom. The van der Waals surface area contributed by atoms with Gasteiger partial charge in [0, 0.05) is 44.2 Å². The van der Waals surface area contributed by atoms with Crippen LogP contribution in [0.2, 0.25) is 0 Å². The van der Waals surface area contributed by atoms with E-state index in [0.29, 0.717) is 24.5 Å². The number of rotatable bonds is 4. The maximum Gasteiger partial charge on any atom is 0.221 e. The van der Waals surface area contributed by atoms with E-state index >= 15 is 0 Å². The molecule has 4 nitrogen and oxygen atoms in total. The molecule has 2 rings (SSSR count). The van der Waals surface area contributed by atoms with Gasteiger partial charge in [-0.1, -0.05) is 0 Å². The van der Waals surface area contributed by atoms with Crippen molar-refractivity contribution < 1.29 is 4.79 Å². The topological polar surface area (TPSA) is 44.4 Å². The number of piperazine rings is 1. The lowest BCUT2D eigenvalue weighted by atomic mass is 10.1. The lowest BCUT2D eigenvalue weighted by Gasteiger charge is -2.37. The molecular formula is C12H23N3O. The second-order valence-corrected chi connectivity index (χ2v) is 5.25. The molecule has 1 saturated heterocycles. The number of carbonyl (C=O) groups is 1. The molecule has 1 aliphatic carbocycles. The highest BCUT2D eigenvalue weighted by molar-refractivity contribution is 5.76. The number of carbonyl (C=O) groups excluding carboxylic acids is 1. The van der Waals surface area contributed by atoms with Gasteiger partial charge < -0.3 is 10.6 Å². The Labute approximate surface area is 97.8 Å². The van der Waals surface area contributed by atoms with Crippen molar-refractivity contribution in [2.75, 3.05) is 19.6 Å². The molecule has 2 N–H and O–H groups in total. The summed E-state index contributed by atoms with van der Waals surface area (Å²) in [7, 11) is 0. The Morgan fingerprint density at radius 3 is 2.88 bits per heavy atom. The highest BCUT2D eigenvalue weighted by atomic mass is 16.1. The third-order valence-corrected chi connectivity index (χ3v) is 3.46. The van der Waals surface area contributed by atoms with Crippen molar-refractivity contribution >= 4 is 5.91 Å². The molecule has 1 heterocycles. The van der Waals surface area contributed by atoms with Gasteiger partial charge in [0.25, 0.3) is 0 Å². The fourth-order valence-corrected chi connectivity index (χ4v) is 2.18. The Bertz CT molecular complexity index is 253. The van der Waals surface area contributed by atoms with Gasteiger partial charge in [-0.2, -0.15) is 0 Å². The van der Waals surface area contributed by atoms with Crippen LogP contribution in [0.15, 0.2) is 0 Å². The normalized spacial score (nSPS) is 31.4. The molecule has 1 amide bonds. The van der Waals surface area contributed by atoms with Crippen LogP contribution in [0.3, 0.4) is 0 Å². The molecule has 0 bridgehead atoms. The standard InChI is InChI=1S/C12H23N3O/c1-9-8-15(10(2)7-13-9)6-5-12(16)14-11-3-4-11/h9-11,13H,3-8H2,1-2H3,(H,14,16). The van der Waals surface area contributed by atoms with Crippen molar-refractivity contribution in [2.45, 2.75) is 51.2 Å². The van der Waals surface area contributed by atoms with E-state index in [9.17, 15) is 4.79 Å². The maximum absolute atomic E-state index is 11.6. The summed E-state index contributed by atoms with van der Waals surface area (Å²) in [5, 5.41) is 6.49. The van der Waals surface area contributed by atoms with Crippen LogP contribution in [0.25, 0.3) is 0 Å².